The molecule has 0 saturated carbocycles. The van der Waals surface area contributed by atoms with Gasteiger partial charge in [-0.2, -0.15) is 0 Å². The monoisotopic (exact) mass is 427 g/mol. The summed E-state index contributed by atoms with van der Waals surface area (Å²) in [6, 6.07) is 12.4. The molecule has 1 atom stereocenters. The van der Waals surface area contributed by atoms with Crippen LogP contribution in [0.25, 0.3) is 0 Å². The van der Waals surface area contributed by atoms with Crippen molar-refractivity contribution in [3.05, 3.63) is 42.5 Å². The number of hydrogen-bond donors (Lipinski definition) is 1. The molecule has 2 aromatic carbocycles. The minimum Gasteiger partial charge on any atom is -0.494 e. The molecule has 2 heterocycles. The third-order valence-corrected chi connectivity index (χ3v) is 5.82. The molecule has 0 unspecified atom stereocenters. The van der Waals surface area contributed by atoms with Crippen LogP contribution in [0.1, 0.15) is 13.3 Å². The van der Waals surface area contributed by atoms with E-state index in [1.807, 2.05) is 6.92 Å². The molecule has 2 aliphatic heterocycles. The van der Waals surface area contributed by atoms with Gasteiger partial charge in [0.15, 0.2) is 16.7 Å². The van der Waals surface area contributed by atoms with Crippen LogP contribution in [-0.4, -0.2) is 47.6 Å². The molecule has 2 aliphatic rings. The Morgan fingerprint density at radius 3 is 2.77 bits per heavy atom. The normalized spacial score (nSPS) is 19.1. The summed E-state index contributed by atoms with van der Waals surface area (Å²) in [6.45, 7) is 2.66. The number of carbonyl (C=O) groups is 2. The van der Waals surface area contributed by atoms with Crippen molar-refractivity contribution in [1.82, 2.24) is 4.90 Å². The van der Waals surface area contributed by atoms with Crippen molar-refractivity contribution in [2.24, 2.45) is 4.99 Å². The maximum Gasteiger partial charge on any atom is 0.238 e. The molecule has 8 nitrogen and oxygen atoms in total. The molecule has 1 N–H and O–H groups in total. The zero-order chi connectivity index (χ0) is 21.1. The predicted molar refractivity (Wildman–Crippen MR) is 115 cm³/mol. The fourth-order valence-corrected chi connectivity index (χ4v) is 4.05. The average Bonchev–Trinajstić information content (AvgIpc) is 3.20. The second-order valence-electron chi connectivity index (χ2n) is 6.64. The molecule has 0 bridgehead atoms. The maximum atomic E-state index is 12.8. The summed E-state index contributed by atoms with van der Waals surface area (Å²) in [5.74, 6) is 1.59. The number of hydrogen-bond acceptors (Lipinski definition) is 7. The highest BCUT2D eigenvalue weighted by Crippen LogP contribution is 2.36. The molecule has 9 heteroatoms. The summed E-state index contributed by atoms with van der Waals surface area (Å²) in [4.78, 5) is 31.2. The van der Waals surface area contributed by atoms with Crippen LogP contribution in [-0.2, 0) is 9.59 Å². The zero-order valence-corrected chi connectivity index (χ0v) is 17.4. The molecule has 1 fully saturated rings. The van der Waals surface area contributed by atoms with Crippen molar-refractivity contribution in [1.29, 1.82) is 0 Å². The molecule has 2 amide bonds. The lowest BCUT2D eigenvalue weighted by Crippen LogP contribution is -2.43. The number of rotatable bonds is 5. The van der Waals surface area contributed by atoms with Gasteiger partial charge in [-0.25, -0.2) is 4.99 Å². The highest BCUT2D eigenvalue weighted by atomic mass is 32.2. The van der Waals surface area contributed by atoms with Crippen molar-refractivity contribution in [2.45, 2.75) is 18.6 Å². The van der Waals surface area contributed by atoms with E-state index in [0.29, 0.717) is 34.6 Å². The molecular formula is C21H21N3O5S. The van der Waals surface area contributed by atoms with E-state index in [1.165, 1.54) is 16.7 Å². The van der Waals surface area contributed by atoms with Crippen LogP contribution >= 0.6 is 11.8 Å². The van der Waals surface area contributed by atoms with E-state index in [4.69, 9.17) is 14.2 Å². The molecule has 30 heavy (non-hydrogen) atoms. The first kappa shape index (κ1) is 20.1. The fourth-order valence-electron chi connectivity index (χ4n) is 2.99. The van der Waals surface area contributed by atoms with Crippen LogP contribution in [0.5, 0.6) is 17.2 Å². The van der Waals surface area contributed by atoms with Gasteiger partial charge in [0.25, 0.3) is 0 Å². The van der Waals surface area contributed by atoms with E-state index >= 15 is 0 Å². The SMILES string of the molecule is CCOc1ccc(NC(=O)[C@H]2CC(=O)N(C)C(=Nc3ccc4c(c3)OCO4)S2)cc1. The number of carbonyl (C=O) groups excluding carboxylic acids is 2. The number of anilines is 1. The van der Waals surface area contributed by atoms with Crippen LogP contribution in [0.3, 0.4) is 0 Å². The Balaban J connectivity index is 1.48. The average molecular weight is 427 g/mol. The zero-order valence-electron chi connectivity index (χ0n) is 16.6. The molecule has 0 radical (unpaired) electrons. The van der Waals surface area contributed by atoms with Crippen molar-refractivity contribution in [3.63, 3.8) is 0 Å². The summed E-state index contributed by atoms with van der Waals surface area (Å²) in [6.07, 6.45) is 0.101. The van der Waals surface area contributed by atoms with E-state index in [-0.39, 0.29) is 25.0 Å². The summed E-state index contributed by atoms with van der Waals surface area (Å²) >= 11 is 1.26. The number of nitrogens with zero attached hydrogens (tertiary/aromatic N) is 2. The Labute approximate surface area is 178 Å². The molecule has 1 saturated heterocycles. The minimum absolute atomic E-state index is 0.101. The van der Waals surface area contributed by atoms with Gasteiger partial charge in [0.05, 0.1) is 12.3 Å². The van der Waals surface area contributed by atoms with E-state index in [1.54, 1.807) is 49.5 Å². The Kier molecular flexibility index (Phi) is 5.80. The van der Waals surface area contributed by atoms with Crippen LogP contribution in [0.4, 0.5) is 11.4 Å². The summed E-state index contributed by atoms with van der Waals surface area (Å²) < 4.78 is 16.1. The second kappa shape index (κ2) is 8.66. The van der Waals surface area contributed by atoms with E-state index in [2.05, 4.69) is 10.3 Å². The smallest absolute Gasteiger partial charge is 0.238 e. The van der Waals surface area contributed by atoms with Gasteiger partial charge in [-0.3, -0.25) is 14.5 Å². The number of amidine groups is 1. The summed E-state index contributed by atoms with van der Waals surface area (Å²) in [7, 11) is 1.65. The van der Waals surface area contributed by atoms with Gasteiger partial charge in [0.1, 0.15) is 11.0 Å². The predicted octanol–water partition coefficient (Wildman–Crippen LogP) is 3.40. The second-order valence-corrected chi connectivity index (χ2v) is 7.81. The minimum atomic E-state index is -0.576. The standard InChI is InChI=1S/C21H21N3O5S/c1-3-27-15-7-4-13(5-8-15)22-20(26)18-11-19(25)24(2)21(30-18)23-14-6-9-16-17(10-14)29-12-28-16/h4-10,18H,3,11-12H2,1-2H3,(H,22,26)/t18-/m1/s1. The van der Waals surface area contributed by atoms with Gasteiger partial charge in [0, 0.05) is 25.2 Å². The van der Waals surface area contributed by atoms with Crippen LogP contribution < -0.4 is 19.5 Å². The lowest BCUT2D eigenvalue weighted by Gasteiger charge is -2.28. The third kappa shape index (κ3) is 4.35. The molecule has 0 aromatic heterocycles. The number of ether oxygens (including phenoxy) is 3. The van der Waals surface area contributed by atoms with E-state index in [9.17, 15) is 9.59 Å². The number of benzene rings is 2. The number of fused-ring (bicyclic) bond motifs is 1. The van der Waals surface area contributed by atoms with Gasteiger partial charge in [0.2, 0.25) is 18.6 Å². The summed E-state index contributed by atoms with van der Waals surface area (Å²) in [5.41, 5.74) is 1.26. The highest BCUT2D eigenvalue weighted by molar-refractivity contribution is 8.15. The van der Waals surface area contributed by atoms with Crippen molar-refractivity contribution < 1.29 is 23.8 Å². The largest absolute Gasteiger partial charge is 0.494 e. The topological polar surface area (TPSA) is 89.5 Å². The Bertz CT molecular complexity index is 993. The number of amides is 2. The molecule has 0 spiro atoms. The Morgan fingerprint density at radius 1 is 1.23 bits per heavy atom. The highest BCUT2D eigenvalue weighted by Gasteiger charge is 2.34. The van der Waals surface area contributed by atoms with Gasteiger partial charge in [-0.05, 0) is 43.3 Å². The van der Waals surface area contributed by atoms with Gasteiger partial charge < -0.3 is 19.5 Å². The van der Waals surface area contributed by atoms with Crippen molar-refractivity contribution in [2.75, 3.05) is 25.8 Å². The Hall–Kier alpha value is -3.20. The first-order valence-corrected chi connectivity index (χ1v) is 10.4. The van der Waals surface area contributed by atoms with E-state index in [0.717, 1.165) is 5.75 Å². The third-order valence-electron chi connectivity index (χ3n) is 4.57. The molecule has 4 rings (SSSR count). The van der Waals surface area contributed by atoms with Crippen molar-refractivity contribution in [3.8, 4) is 17.2 Å². The Morgan fingerprint density at radius 2 is 2.00 bits per heavy atom. The van der Waals surface area contributed by atoms with Crippen LogP contribution in [0.2, 0.25) is 0 Å². The van der Waals surface area contributed by atoms with Crippen LogP contribution in [0.15, 0.2) is 47.5 Å². The first-order valence-electron chi connectivity index (χ1n) is 9.49. The summed E-state index contributed by atoms with van der Waals surface area (Å²) in [5, 5.41) is 2.74. The first-order chi connectivity index (χ1) is 14.5. The fraction of sp³-hybridized carbons (Fsp3) is 0.286. The molecule has 2 aromatic rings. The van der Waals surface area contributed by atoms with Crippen LogP contribution in [0, 0.1) is 0 Å². The number of thioether (sulfide) groups is 1. The quantitative estimate of drug-likeness (QED) is 0.787. The lowest BCUT2D eigenvalue weighted by molar-refractivity contribution is -0.128. The number of aliphatic imine (C=N–C) groups is 1. The molecule has 156 valence electrons. The van der Waals surface area contributed by atoms with Crippen molar-refractivity contribution >= 4 is 40.1 Å². The van der Waals surface area contributed by atoms with Gasteiger partial charge in [-0.1, -0.05) is 11.8 Å². The maximum absolute atomic E-state index is 12.8. The van der Waals surface area contributed by atoms with E-state index < -0.39 is 5.25 Å². The molecule has 0 aliphatic carbocycles. The lowest BCUT2D eigenvalue weighted by atomic mass is 10.2. The van der Waals surface area contributed by atoms with Gasteiger partial charge >= 0.3 is 0 Å². The van der Waals surface area contributed by atoms with Gasteiger partial charge in [-0.15, -0.1) is 0 Å². The number of nitrogens with one attached hydrogen (secondary N) is 1. The molecular weight excluding hydrogens is 406 g/mol.